The Morgan fingerprint density at radius 2 is 2.06 bits per heavy atom. The van der Waals surface area contributed by atoms with Crippen molar-refractivity contribution in [2.45, 2.75) is 45.8 Å². The van der Waals surface area contributed by atoms with E-state index in [0.29, 0.717) is 17.4 Å². The number of rotatable bonds is 5. The summed E-state index contributed by atoms with van der Waals surface area (Å²) in [5.74, 6) is -0.254. The van der Waals surface area contributed by atoms with Crippen LogP contribution in [0.4, 0.5) is 0 Å². The molecule has 2 aromatic carbocycles. The lowest BCUT2D eigenvalue weighted by molar-refractivity contribution is -0.160. The minimum absolute atomic E-state index is 0.510. The molecular weight excluding hydrogens is 452 g/mol. The number of aryl methyl sites for hydroxylation is 1. The molecule has 3 heterocycles. The van der Waals surface area contributed by atoms with E-state index in [1.54, 1.807) is 13.3 Å². The molecule has 0 fully saturated rings. The first kappa shape index (κ1) is 22.6. The fourth-order valence-electron chi connectivity index (χ4n) is 4.57. The summed E-state index contributed by atoms with van der Waals surface area (Å²) in [5, 5.41) is 11.7. The van der Waals surface area contributed by atoms with Crippen LogP contribution in [0.15, 0.2) is 30.5 Å². The van der Waals surface area contributed by atoms with Gasteiger partial charge in [0.1, 0.15) is 5.75 Å². The lowest BCUT2D eigenvalue weighted by Crippen LogP contribution is -2.28. The highest BCUT2D eigenvalue weighted by Crippen LogP contribution is 2.47. The average Bonchev–Trinajstić information content (AvgIpc) is 3.20. The van der Waals surface area contributed by atoms with Crippen molar-refractivity contribution in [3.63, 3.8) is 0 Å². The Balaban J connectivity index is 1.90. The van der Waals surface area contributed by atoms with E-state index in [1.807, 2.05) is 52.0 Å². The summed E-state index contributed by atoms with van der Waals surface area (Å²) < 4.78 is 18.3. The molecule has 8 heteroatoms. The van der Waals surface area contributed by atoms with Gasteiger partial charge in [0.05, 0.1) is 35.1 Å². The summed E-state index contributed by atoms with van der Waals surface area (Å²) in [5.41, 5.74) is 4.98. The van der Waals surface area contributed by atoms with E-state index in [0.717, 1.165) is 50.0 Å². The molecule has 0 unspecified atom stereocenters. The summed E-state index contributed by atoms with van der Waals surface area (Å²) >= 11 is 1.38. The van der Waals surface area contributed by atoms with E-state index >= 15 is 0 Å². The molecule has 1 atom stereocenters. The fraction of sp³-hybridized carbons (Fsp3) is 0.346. The molecule has 1 aliphatic heterocycles. The maximum Gasteiger partial charge on any atom is 0.337 e. The number of carboxylic acids is 1. The lowest BCUT2D eigenvalue weighted by Gasteiger charge is -2.28. The van der Waals surface area contributed by atoms with Gasteiger partial charge in [0.2, 0.25) is 0 Å². The van der Waals surface area contributed by atoms with Gasteiger partial charge in [-0.05, 0) is 63.1 Å². The Morgan fingerprint density at radius 3 is 2.76 bits per heavy atom. The Kier molecular flexibility index (Phi) is 5.45. The zero-order chi connectivity index (χ0) is 24.2. The highest BCUT2D eigenvalue weighted by atomic mass is 32.1. The number of fused-ring (bicyclic) bond motifs is 1. The molecule has 0 saturated heterocycles. The number of carboxylic acid groups (broad SMARTS) is 1. The molecule has 0 aliphatic carbocycles. The van der Waals surface area contributed by atoms with Crippen molar-refractivity contribution in [1.29, 1.82) is 0 Å². The third kappa shape index (κ3) is 3.76. The Hall–Kier alpha value is -3.23. The summed E-state index contributed by atoms with van der Waals surface area (Å²) in [4.78, 5) is 21.9. The molecule has 7 nitrogen and oxygen atoms in total. The predicted molar refractivity (Wildman–Crippen MR) is 132 cm³/mol. The normalized spacial score (nSPS) is 14.3. The number of aromatic nitrogens is 2. The van der Waals surface area contributed by atoms with Crippen LogP contribution < -0.4 is 9.47 Å². The number of thiazole rings is 1. The molecule has 0 radical (unpaired) electrons. The second kappa shape index (κ2) is 8.21. The molecule has 2 aromatic heterocycles. The first-order chi connectivity index (χ1) is 16.2. The molecular formula is C26H26N2O5S. The third-order valence-electron chi connectivity index (χ3n) is 5.88. The van der Waals surface area contributed by atoms with Gasteiger partial charge in [0, 0.05) is 34.7 Å². The van der Waals surface area contributed by atoms with Gasteiger partial charge in [-0.2, -0.15) is 0 Å². The van der Waals surface area contributed by atoms with Crippen molar-refractivity contribution < 1.29 is 24.1 Å². The van der Waals surface area contributed by atoms with Crippen LogP contribution in [-0.4, -0.2) is 40.4 Å². The monoisotopic (exact) mass is 478 g/mol. The summed E-state index contributed by atoms with van der Waals surface area (Å²) in [6.45, 7) is 8.08. The molecule has 1 N–H and O–H groups in total. The van der Waals surface area contributed by atoms with E-state index in [2.05, 4.69) is 4.98 Å². The minimum atomic E-state index is -1.17. The molecule has 0 amide bonds. The maximum atomic E-state index is 12.5. The second-order valence-electron chi connectivity index (χ2n) is 9.37. The van der Waals surface area contributed by atoms with Crippen LogP contribution in [0.2, 0.25) is 0 Å². The molecule has 4 aromatic rings. The van der Waals surface area contributed by atoms with Crippen LogP contribution >= 0.6 is 11.3 Å². The first-order valence-electron chi connectivity index (χ1n) is 11.1. The number of hydrogen-bond acceptors (Lipinski definition) is 7. The summed E-state index contributed by atoms with van der Waals surface area (Å²) in [7, 11) is 1.58. The third-order valence-corrected chi connectivity index (χ3v) is 6.93. The van der Waals surface area contributed by atoms with Gasteiger partial charge in [0.25, 0.3) is 5.19 Å². The molecule has 5 rings (SSSR count). The molecule has 34 heavy (non-hydrogen) atoms. The van der Waals surface area contributed by atoms with Gasteiger partial charge in [-0.15, -0.1) is 0 Å². The highest BCUT2D eigenvalue weighted by molar-refractivity contribution is 7.20. The van der Waals surface area contributed by atoms with Crippen molar-refractivity contribution in [2.24, 2.45) is 0 Å². The number of nitrogens with zero attached hydrogens (tertiary/aromatic N) is 2. The van der Waals surface area contributed by atoms with Crippen LogP contribution in [0.25, 0.3) is 32.2 Å². The standard InChI is InChI=1S/C26H26N2O5S/c1-13-12-16-23(34-25(28-16)31-5)20(18(13)22(24(29)30)33-26(2,3)4)15-6-7-17-19-14(9-11-32-17)8-10-27-21(15)19/h6-8,10,12,22H,9,11H2,1-5H3,(H,29,30)/t22-/m0/s1. The Bertz CT molecular complexity index is 1430. The van der Waals surface area contributed by atoms with Crippen molar-refractivity contribution in [3.8, 4) is 22.1 Å². The number of carbonyl (C=O) groups is 1. The minimum Gasteiger partial charge on any atom is -0.493 e. The molecule has 1 aliphatic rings. The number of pyridine rings is 1. The second-order valence-corrected chi connectivity index (χ2v) is 10.3. The van der Waals surface area contributed by atoms with E-state index in [1.165, 1.54) is 16.9 Å². The molecule has 176 valence electrons. The summed E-state index contributed by atoms with van der Waals surface area (Å²) in [6.07, 6.45) is 1.43. The summed E-state index contributed by atoms with van der Waals surface area (Å²) in [6, 6.07) is 7.82. The Morgan fingerprint density at radius 1 is 1.26 bits per heavy atom. The van der Waals surface area contributed by atoms with Gasteiger partial charge < -0.3 is 19.3 Å². The molecule has 0 spiro atoms. The van der Waals surface area contributed by atoms with E-state index in [-0.39, 0.29) is 0 Å². The zero-order valence-corrected chi connectivity index (χ0v) is 20.6. The van der Waals surface area contributed by atoms with Crippen molar-refractivity contribution in [1.82, 2.24) is 9.97 Å². The van der Waals surface area contributed by atoms with Gasteiger partial charge in [-0.1, -0.05) is 11.3 Å². The van der Waals surface area contributed by atoms with E-state index < -0.39 is 17.7 Å². The fourth-order valence-corrected chi connectivity index (χ4v) is 5.51. The number of methoxy groups -OCH3 is 1. The van der Waals surface area contributed by atoms with Crippen LogP contribution in [0.1, 0.15) is 43.6 Å². The predicted octanol–water partition coefficient (Wildman–Crippen LogP) is 5.70. The smallest absolute Gasteiger partial charge is 0.337 e. The largest absolute Gasteiger partial charge is 0.493 e. The lowest BCUT2D eigenvalue weighted by atomic mass is 9.89. The van der Waals surface area contributed by atoms with Crippen LogP contribution in [0, 0.1) is 6.92 Å². The van der Waals surface area contributed by atoms with Gasteiger partial charge in [-0.3, -0.25) is 4.98 Å². The van der Waals surface area contributed by atoms with Crippen LogP contribution in [0.5, 0.6) is 10.9 Å². The quantitative estimate of drug-likeness (QED) is 0.393. The van der Waals surface area contributed by atoms with Crippen LogP contribution in [-0.2, 0) is 16.0 Å². The molecule has 0 bridgehead atoms. The first-order valence-corrected chi connectivity index (χ1v) is 11.9. The van der Waals surface area contributed by atoms with Crippen molar-refractivity contribution >= 4 is 38.4 Å². The van der Waals surface area contributed by atoms with Crippen LogP contribution in [0.3, 0.4) is 0 Å². The van der Waals surface area contributed by atoms with Gasteiger partial charge in [0.15, 0.2) is 6.10 Å². The van der Waals surface area contributed by atoms with E-state index in [4.69, 9.17) is 19.2 Å². The average molecular weight is 479 g/mol. The number of ether oxygens (including phenoxy) is 3. The maximum absolute atomic E-state index is 12.5. The Labute approximate surface area is 201 Å². The number of hydrogen-bond donors (Lipinski definition) is 1. The number of aliphatic carboxylic acids is 1. The topological polar surface area (TPSA) is 90.8 Å². The SMILES string of the molecule is COc1nc2cc(C)c([C@H](OC(C)(C)C)C(=O)O)c(-c3ccc4c5c(ccnc35)CCO4)c2s1. The van der Waals surface area contributed by atoms with Gasteiger partial charge >= 0.3 is 5.97 Å². The van der Waals surface area contributed by atoms with Crippen molar-refractivity contribution in [3.05, 3.63) is 47.2 Å². The number of benzene rings is 2. The van der Waals surface area contributed by atoms with Gasteiger partial charge in [-0.25, -0.2) is 9.78 Å². The van der Waals surface area contributed by atoms with E-state index in [9.17, 15) is 9.90 Å². The zero-order valence-electron chi connectivity index (χ0n) is 19.8. The highest BCUT2D eigenvalue weighted by Gasteiger charge is 2.33. The molecule has 0 saturated carbocycles. The van der Waals surface area contributed by atoms with Crippen molar-refractivity contribution in [2.75, 3.05) is 13.7 Å².